The van der Waals surface area contributed by atoms with E-state index in [1.54, 1.807) is 0 Å². The Kier molecular flexibility index (Phi) is 6.76. The van der Waals surface area contributed by atoms with Gasteiger partial charge in [-0.1, -0.05) is 55.8 Å². The van der Waals surface area contributed by atoms with Crippen LogP contribution in [0, 0.1) is 5.92 Å². The van der Waals surface area contributed by atoms with Gasteiger partial charge in [0.15, 0.2) is 6.29 Å². The minimum atomic E-state index is -0.288. The lowest BCUT2D eigenvalue weighted by Crippen LogP contribution is -2.67. The zero-order valence-corrected chi connectivity index (χ0v) is 19.9. The molecular formula is C25H34ClN5O2. The predicted molar refractivity (Wildman–Crippen MR) is 128 cm³/mol. The Morgan fingerprint density at radius 3 is 2.58 bits per heavy atom. The van der Waals surface area contributed by atoms with Crippen LogP contribution in [0.25, 0.3) is 0 Å². The molecule has 7 nitrogen and oxygen atoms in total. The van der Waals surface area contributed by atoms with Gasteiger partial charge < -0.3 is 10.2 Å². The lowest BCUT2D eigenvalue weighted by Gasteiger charge is -2.50. The first-order valence-corrected chi connectivity index (χ1v) is 12.9. The number of amidine groups is 1. The maximum Gasteiger partial charge on any atom is 0.231 e. The van der Waals surface area contributed by atoms with Crippen LogP contribution in [0.4, 0.5) is 0 Å². The van der Waals surface area contributed by atoms with Gasteiger partial charge in [0.25, 0.3) is 0 Å². The van der Waals surface area contributed by atoms with Crippen LogP contribution < -0.4 is 10.7 Å². The third-order valence-electron chi connectivity index (χ3n) is 7.67. The van der Waals surface area contributed by atoms with Gasteiger partial charge >= 0.3 is 0 Å². The van der Waals surface area contributed by atoms with Crippen LogP contribution in [-0.2, 0) is 16.1 Å². The molecule has 2 saturated carbocycles. The smallest absolute Gasteiger partial charge is 0.231 e. The molecule has 1 aromatic rings. The number of rotatable bonds is 6. The summed E-state index contributed by atoms with van der Waals surface area (Å²) < 4.78 is 0. The molecule has 2 amide bonds. The molecule has 4 aliphatic rings. The van der Waals surface area contributed by atoms with Crippen LogP contribution >= 0.6 is 11.6 Å². The first kappa shape index (κ1) is 22.5. The maximum atomic E-state index is 13.5. The Hall–Kier alpha value is -2.28. The molecule has 0 radical (unpaired) electrons. The van der Waals surface area contributed by atoms with Gasteiger partial charge in [-0.15, -0.1) is 0 Å². The largest absolute Gasteiger partial charge is 0.353 e. The van der Waals surface area contributed by atoms with Gasteiger partial charge in [0.2, 0.25) is 11.8 Å². The zero-order valence-electron chi connectivity index (χ0n) is 19.1. The molecule has 2 N–H and O–H groups in total. The molecule has 33 heavy (non-hydrogen) atoms. The van der Waals surface area contributed by atoms with Gasteiger partial charge in [-0.25, -0.2) is 0 Å². The Labute approximate surface area is 200 Å². The number of amides is 2. The average Bonchev–Trinajstić information content (AvgIpc) is 3.26. The number of benzene rings is 1. The molecule has 2 aliphatic heterocycles. The van der Waals surface area contributed by atoms with Crippen LogP contribution in [0.15, 0.2) is 29.4 Å². The van der Waals surface area contributed by atoms with Gasteiger partial charge in [-0.05, 0) is 43.4 Å². The summed E-state index contributed by atoms with van der Waals surface area (Å²) in [6.07, 6.45) is 10.7. The molecule has 0 bridgehead atoms. The summed E-state index contributed by atoms with van der Waals surface area (Å²) in [6.45, 7) is 0.512. The van der Waals surface area contributed by atoms with Crippen molar-refractivity contribution in [3.63, 3.8) is 0 Å². The van der Waals surface area contributed by atoms with Crippen molar-refractivity contribution in [2.24, 2.45) is 11.0 Å². The van der Waals surface area contributed by atoms with Crippen molar-refractivity contribution in [3.05, 3.63) is 34.9 Å². The Bertz CT molecular complexity index is 899. The number of nitrogens with one attached hydrogen (secondary N) is 2. The van der Waals surface area contributed by atoms with E-state index in [1.165, 1.54) is 19.3 Å². The van der Waals surface area contributed by atoms with Gasteiger partial charge in [-0.2, -0.15) is 5.10 Å². The lowest BCUT2D eigenvalue weighted by molar-refractivity contribution is -0.156. The summed E-state index contributed by atoms with van der Waals surface area (Å²) in [4.78, 5) is 30.3. The van der Waals surface area contributed by atoms with Gasteiger partial charge in [0.1, 0.15) is 5.84 Å². The number of carbonyl (C=O) groups excluding carboxylic acids is 2. The topological polar surface area (TPSA) is 77.0 Å². The molecule has 3 unspecified atom stereocenters. The third-order valence-corrected chi connectivity index (χ3v) is 7.92. The molecule has 178 valence electrons. The summed E-state index contributed by atoms with van der Waals surface area (Å²) in [7, 11) is 0. The first-order chi connectivity index (χ1) is 16.1. The highest BCUT2D eigenvalue weighted by molar-refractivity contribution is 6.30. The van der Waals surface area contributed by atoms with Crippen LogP contribution in [-0.4, -0.2) is 45.8 Å². The van der Waals surface area contributed by atoms with Crippen molar-refractivity contribution >= 4 is 29.3 Å². The Morgan fingerprint density at radius 2 is 1.79 bits per heavy atom. The fraction of sp³-hybridized carbons (Fsp3) is 0.640. The SMILES string of the molecule is O=C(CCC1=NNC2N(Cc3ccc(Cl)cc3)C(=O)C3CCCCC3N12)NC1CCCCC1. The minimum absolute atomic E-state index is 0.0107. The summed E-state index contributed by atoms with van der Waals surface area (Å²) in [6, 6.07) is 8.15. The molecule has 0 spiro atoms. The fourth-order valence-corrected chi connectivity index (χ4v) is 6.09. The quantitative estimate of drug-likeness (QED) is 0.658. The van der Waals surface area contributed by atoms with Gasteiger partial charge in [0, 0.05) is 36.5 Å². The van der Waals surface area contributed by atoms with Gasteiger partial charge in [-0.3, -0.25) is 19.9 Å². The van der Waals surface area contributed by atoms with E-state index in [-0.39, 0.29) is 30.1 Å². The van der Waals surface area contributed by atoms with Crippen molar-refractivity contribution < 1.29 is 9.59 Å². The number of carbonyl (C=O) groups is 2. The average molecular weight is 472 g/mol. The van der Waals surface area contributed by atoms with E-state index in [0.717, 1.165) is 49.9 Å². The molecule has 8 heteroatoms. The maximum absolute atomic E-state index is 13.5. The third kappa shape index (κ3) is 4.84. The van der Waals surface area contributed by atoms with Crippen LogP contribution in [0.3, 0.4) is 0 Å². The van der Waals surface area contributed by atoms with Crippen molar-refractivity contribution in [2.75, 3.05) is 0 Å². The highest BCUT2D eigenvalue weighted by atomic mass is 35.5. The molecule has 0 aromatic heterocycles. The van der Waals surface area contributed by atoms with Crippen molar-refractivity contribution in [3.8, 4) is 0 Å². The van der Waals surface area contributed by atoms with Crippen molar-refractivity contribution in [1.29, 1.82) is 0 Å². The minimum Gasteiger partial charge on any atom is -0.353 e. The number of fused-ring (bicyclic) bond motifs is 3. The number of nitrogens with zero attached hydrogens (tertiary/aromatic N) is 3. The van der Waals surface area contributed by atoms with Crippen molar-refractivity contribution in [2.45, 2.75) is 95.5 Å². The molecule has 2 aliphatic carbocycles. The number of hydrogen-bond acceptors (Lipinski definition) is 5. The number of hydrogen-bond donors (Lipinski definition) is 2. The van der Waals surface area contributed by atoms with Crippen molar-refractivity contribution in [1.82, 2.24) is 20.5 Å². The van der Waals surface area contributed by atoms with E-state index in [0.29, 0.717) is 30.5 Å². The molecule has 3 fully saturated rings. The predicted octanol–water partition coefficient (Wildman–Crippen LogP) is 3.97. The molecule has 3 atom stereocenters. The Balaban J connectivity index is 1.28. The van der Waals surface area contributed by atoms with E-state index in [1.807, 2.05) is 29.2 Å². The molecular weight excluding hydrogens is 438 g/mol. The second-order valence-electron chi connectivity index (χ2n) is 9.89. The molecule has 1 saturated heterocycles. The highest BCUT2D eigenvalue weighted by Crippen LogP contribution is 2.38. The fourth-order valence-electron chi connectivity index (χ4n) is 5.96. The van der Waals surface area contributed by atoms with Gasteiger partial charge in [0.05, 0.1) is 5.92 Å². The first-order valence-electron chi connectivity index (χ1n) is 12.5. The van der Waals surface area contributed by atoms with E-state index < -0.39 is 0 Å². The highest BCUT2D eigenvalue weighted by Gasteiger charge is 2.50. The second-order valence-corrected chi connectivity index (χ2v) is 10.3. The van der Waals surface area contributed by atoms with Crippen LogP contribution in [0.2, 0.25) is 5.02 Å². The summed E-state index contributed by atoms with van der Waals surface area (Å²) in [5.41, 5.74) is 4.27. The molecule has 2 heterocycles. The standard InChI is InChI=1S/C25H34ClN5O2/c26-18-12-10-17(11-13-18)16-30-24(33)20-8-4-5-9-21(20)31-22(28-29-25(30)31)14-15-23(32)27-19-6-2-1-3-7-19/h10-13,19-21,25,29H,1-9,14-16H2,(H,27,32). The van der Waals surface area contributed by atoms with E-state index in [9.17, 15) is 9.59 Å². The summed E-state index contributed by atoms with van der Waals surface area (Å²) >= 11 is 6.05. The van der Waals surface area contributed by atoms with E-state index >= 15 is 0 Å². The number of halogens is 1. The molecule has 5 rings (SSSR count). The van der Waals surface area contributed by atoms with E-state index in [4.69, 9.17) is 11.6 Å². The second kappa shape index (κ2) is 9.92. The van der Waals surface area contributed by atoms with Crippen LogP contribution in [0.5, 0.6) is 0 Å². The Morgan fingerprint density at radius 1 is 1.06 bits per heavy atom. The number of hydrazone groups is 1. The van der Waals surface area contributed by atoms with E-state index in [2.05, 4.69) is 20.7 Å². The normalized spacial score (nSPS) is 27.5. The zero-order chi connectivity index (χ0) is 22.8. The molecule has 1 aromatic carbocycles. The summed E-state index contributed by atoms with van der Waals surface area (Å²) in [5.74, 6) is 1.21. The van der Waals surface area contributed by atoms with Crippen LogP contribution in [0.1, 0.15) is 76.2 Å². The summed E-state index contributed by atoms with van der Waals surface area (Å²) in [5, 5.41) is 8.53. The monoisotopic (exact) mass is 471 g/mol. The lowest BCUT2D eigenvalue weighted by atomic mass is 9.80.